The second-order valence-electron chi connectivity index (χ2n) is 5.61. The van der Waals surface area contributed by atoms with Gasteiger partial charge in [-0.2, -0.15) is 13.2 Å². The summed E-state index contributed by atoms with van der Waals surface area (Å²) < 4.78 is 38.5. The van der Waals surface area contributed by atoms with Crippen molar-refractivity contribution in [3.05, 3.63) is 35.4 Å². The number of aryl methyl sites for hydroxylation is 1. The number of hydrogen-bond donors (Lipinski definition) is 1. The fourth-order valence-corrected chi connectivity index (χ4v) is 2.47. The minimum atomic E-state index is -4.71. The van der Waals surface area contributed by atoms with Gasteiger partial charge in [-0.3, -0.25) is 4.79 Å². The van der Waals surface area contributed by atoms with Gasteiger partial charge in [0.05, 0.1) is 13.0 Å². The molecule has 116 valence electrons. The molecule has 1 aromatic rings. The van der Waals surface area contributed by atoms with Gasteiger partial charge in [0.25, 0.3) is 0 Å². The van der Waals surface area contributed by atoms with E-state index in [2.05, 4.69) is 0 Å². The van der Waals surface area contributed by atoms with Gasteiger partial charge in [0.15, 0.2) is 5.60 Å². The zero-order valence-electron chi connectivity index (χ0n) is 11.8. The predicted octanol–water partition coefficient (Wildman–Crippen LogP) is 2.45. The van der Waals surface area contributed by atoms with Crippen molar-refractivity contribution in [1.29, 1.82) is 0 Å². The Balaban J connectivity index is 2.04. The van der Waals surface area contributed by atoms with Crippen LogP contribution in [0.2, 0.25) is 0 Å². The Morgan fingerprint density at radius 2 is 1.95 bits per heavy atom. The van der Waals surface area contributed by atoms with Gasteiger partial charge in [-0.15, -0.1) is 0 Å². The van der Waals surface area contributed by atoms with Crippen molar-refractivity contribution in [2.75, 3.05) is 13.1 Å². The van der Waals surface area contributed by atoms with Gasteiger partial charge in [0.1, 0.15) is 0 Å². The second-order valence-corrected chi connectivity index (χ2v) is 5.61. The molecular weight excluding hydrogens is 283 g/mol. The van der Waals surface area contributed by atoms with Crippen LogP contribution in [0.4, 0.5) is 13.2 Å². The van der Waals surface area contributed by atoms with E-state index in [0.29, 0.717) is 0 Å². The molecule has 0 spiro atoms. The Bertz CT molecular complexity index is 513. The summed E-state index contributed by atoms with van der Waals surface area (Å²) in [6.45, 7) is 1.49. The van der Waals surface area contributed by atoms with E-state index >= 15 is 0 Å². The number of alkyl halides is 3. The number of aliphatic hydroxyl groups is 1. The van der Waals surface area contributed by atoms with Gasteiger partial charge in [0.2, 0.25) is 5.91 Å². The van der Waals surface area contributed by atoms with E-state index in [0.717, 1.165) is 16.0 Å². The third-order valence-electron chi connectivity index (χ3n) is 3.83. The third-order valence-corrected chi connectivity index (χ3v) is 3.83. The van der Waals surface area contributed by atoms with Crippen LogP contribution < -0.4 is 0 Å². The topological polar surface area (TPSA) is 40.5 Å². The normalized spacial score (nSPS) is 23.2. The SMILES string of the molecule is Cc1ccc(CC(=O)N2CCCC(O)(C(F)(F)F)C2)cc1. The first-order chi connectivity index (χ1) is 9.71. The molecule has 1 saturated heterocycles. The molecule has 3 nitrogen and oxygen atoms in total. The zero-order valence-corrected chi connectivity index (χ0v) is 11.8. The van der Waals surface area contributed by atoms with Crippen LogP contribution in [-0.4, -0.2) is 40.8 Å². The molecule has 1 atom stereocenters. The van der Waals surface area contributed by atoms with Gasteiger partial charge in [-0.1, -0.05) is 29.8 Å². The van der Waals surface area contributed by atoms with E-state index in [1.165, 1.54) is 0 Å². The van der Waals surface area contributed by atoms with Gasteiger partial charge >= 0.3 is 6.18 Å². The van der Waals surface area contributed by atoms with Crippen molar-refractivity contribution in [2.24, 2.45) is 0 Å². The van der Waals surface area contributed by atoms with Crippen LogP contribution in [0.3, 0.4) is 0 Å². The Morgan fingerprint density at radius 3 is 2.52 bits per heavy atom. The molecule has 1 N–H and O–H groups in total. The summed E-state index contributed by atoms with van der Waals surface area (Å²) >= 11 is 0. The number of nitrogens with zero attached hydrogens (tertiary/aromatic N) is 1. The highest BCUT2D eigenvalue weighted by molar-refractivity contribution is 5.79. The van der Waals surface area contributed by atoms with Crippen LogP contribution in [0, 0.1) is 6.92 Å². The van der Waals surface area contributed by atoms with Gasteiger partial charge in [0, 0.05) is 6.54 Å². The summed E-state index contributed by atoms with van der Waals surface area (Å²) in [7, 11) is 0. The number of benzene rings is 1. The van der Waals surface area contributed by atoms with E-state index < -0.39 is 18.3 Å². The van der Waals surface area contributed by atoms with Crippen molar-refractivity contribution in [3.63, 3.8) is 0 Å². The van der Waals surface area contributed by atoms with E-state index in [1.807, 2.05) is 19.1 Å². The van der Waals surface area contributed by atoms with Crippen LogP contribution in [0.15, 0.2) is 24.3 Å². The summed E-state index contributed by atoms with van der Waals surface area (Å²) in [5.74, 6) is -0.388. The second kappa shape index (κ2) is 5.67. The summed E-state index contributed by atoms with van der Waals surface area (Å²) in [4.78, 5) is 13.2. The third kappa shape index (κ3) is 3.56. The van der Waals surface area contributed by atoms with Crippen LogP contribution in [0.1, 0.15) is 24.0 Å². The first-order valence-electron chi connectivity index (χ1n) is 6.84. The largest absolute Gasteiger partial charge is 0.418 e. The maximum absolute atomic E-state index is 12.8. The standard InChI is InChI=1S/C15H18F3NO2/c1-11-3-5-12(6-4-11)9-13(20)19-8-2-7-14(21,10-19)15(16,17)18/h3-6,21H,2,7-10H2,1H3. The number of amides is 1. The molecule has 0 aliphatic carbocycles. The predicted molar refractivity (Wildman–Crippen MR) is 71.7 cm³/mol. The van der Waals surface area contributed by atoms with Crippen molar-refractivity contribution in [1.82, 2.24) is 4.90 Å². The molecule has 1 aliphatic heterocycles. The molecule has 21 heavy (non-hydrogen) atoms. The minimum Gasteiger partial charge on any atom is -0.379 e. The number of halogens is 3. The molecule has 1 fully saturated rings. The van der Waals surface area contributed by atoms with Crippen molar-refractivity contribution in [2.45, 2.75) is 38.0 Å². The maximum Gasteiger partial charge on any atom is 0.418 e. The fourth-order valence-electron chi connectivity index (χ4n) is 2.47. The molecule has 1 aliphatic rings. The Morgan fingerprint density at radius 1 is 1.33 bits per heavy atom. The Hall–Kier alpha value is -1.56. The Labute approximate surface area is 121 Å². The van der Waals surface area contributed by atoms with Crippen molar-refractivity contribution < 1.29 is 23.1 Å². The van der Waals surface area contributed by atoms with Crippen LogP contribution in [0.5, 0.6) is 0 Å². The highest BCUT2D eigenvalue weighted by atomic mass is 19.4. The fraction of sp³-hybridized carbons (Fsp3) is 0.533. The highest BCUT2D eigenvalue weighted by Gasteiger charge is 2.55. The van der Waals surface area contributed by atoms with E-state index in [-0.39, 0.29) is 31.7 Å². The van der Waals surface area contributed by atoms with Gasteiger partial charge in [-0.05, 0) is 25.3 Å². The lowest BCUT2D eigenvalue weighted by Crippen LogP contribution is -2.58. The van der Waals surface area contributed by atoms with Crippen LogP contribution in [-0.2, 0) is 11.2 Å². The maximum atomic E-state index is 12.8. The van der Waals surface area contributed by atoms with Crippen LogP contribution in [0.25, 0.3) is 0 Å². The molecule has 1 aromatic carbocycles. The summed E-state index contributed by atoms with van der Waals surface area (Å²) in [5.41, 5.74) is -0.976. The first kappa shape index (κ1) is 15.8. The number of rotatable bonds is 2. The number of likely N-dealkylation sites (tertiary alicyclic amines) is 1. The average molecular weight is 301 g/mol. The minimum absolute atomic E-state index is 0.0498. The molecule has 6 heteroatoms. The molecule has 1 heterocycles. The number of piperidine rings is 1. The Kier molecular flexibility index (Phi) is 4.27. The molecule has 0 bridgehead atoms. The van der Waals surface area contributed by atoms with Gasteiger partial charge < -0.3 is 10.0 Å². The molecule has 1 amide bonds. The van der Waals surface area contributed by atoms with E-state index in [4.69, 9.17) is 0 Å². The number of carbonyl (C=O) groups is 1. The quantitative estimate of drug-likeness (QED) is 0.911. The van der Waals surface area contributed by atoms with Crippen LogP contribution >= 0.6 is 0 Å². The average Bonchev–Trinajstić information content (AvgIpc) is 2.40. The highest BCUT2D eigenvalue weighted by Crippen LogP contribution is 2.37. The molecule has 0 saturated carbocycles. The zero-order chi connectivity index (χ0) is 15.7. The van der Waals surface area contributed by atoms with E-state index in [9.17, 15) is 23.1 Å². The molecule has 2 rings (SSSR count). The van der Waals surface area contributed by atoms with Crippen molar-refractivity contribution in [3.8, 4) is 0 Å². The smallest absolute Gasteiger partial charge is 0.379 e. The lowest BCUT2D eigenvalue weighted by molar-refractivity contribution is -0.272. The number of hydrogen-bond acceptors (Lipinski definition) is 2. The first-order valence-corrected chi connectivity index (χ1v) is 6.84. The molecule has 1 unspecified atom stereocenters. The molecular formula is C15H18F3NO2. The summed E-state index contributed by atoms with van der Waals surface area (Å²) in [6.07, 6.45) is -4.87. The summed E-state index contributed by atoms with van der Waals surface area (Å²) in [6, 6.07) is 7.27. The van der Waals surface area contributed by atoms with Gasteiger partial charge in [-0.25, -0.2) is 0 Å². The number of β-amino-alcohol motifs (C(OH)–C–C–N with tert-alkyl or cyclic N) is 1. The van der Waals surface area contributed by atoms with E-state index in [1.54, 1.807) is 12.1 Å². The summed E-state index contributed by atoms with van der Waals surface area (Å²) in [5, 5.41) is 9.71. The molecule has 0 radical (unpaired) electrons. The monoisotopic (exact) mass is 301 g/mol. The number of carbonyl (C=O) groups excluding carboxylic acids is 1. The molecule has 0 aromatic heterocycles. The lowest BCUT2D eigenvalue weighted by atomic mass is 9.92. The van der Waals surface area contributed by atoms with Crippen molar-refractivity contribution >= 4 is 5.91 Å². The lowest BCUT2D eigenvalue weighted by Gasteiger charge is -2.40.